The third-order valence-corrected chi connectivity index (χ3v) is 1.75. The summed E-state index contributed by atoms with van der Waals surface area (Å²) in [6.45, 7) is 4.94. The smallest absolute Gasteiger partial charge is 0.326 e. The number of urea groups is 1. The van der Waals surface area contributed by atoms with Crippen LogP contribution in [0.2, 0.25) is 0 Å². The number of aliphatic carboxylic acids is 1. The predicted octanol–water partition coefficient (Wildman–Crippen LogP) is 0.185. The van der Waals surface area contributed by atoms with Crippen LogP contribution in [0.4, 0.5) is 4.79 Å². The van der Waals surface area contributed by atoms with E-state index < -0.39 is 18.0 Å². The summed E-state index contributed by atoms with van der Waals surface area (Å²) in [6.07, 6.45) is 0.355. The van der Waals surface area contributed by atoms with E-state index in [0.717, 1.165) is 0 Å². The molecular formula is C9H18N2O4. The summed E-state index contributed by atoms with van der Waals surface area (Å²) in [5, 5.41) is 13.5. The van der Waals surface area contributed by atoms with E-state index in [0.29, 0.717) is 26.2 Å². The maximum atomic E-state index is 11.1. The molecule has 0 spiro atoms. The molecule has 6 heteroatoms. The summed E-state index contributed by atoms with van der Waals surface area (Å²) in [5.41, 5.74) is 0. The summed E-state index contributed by atoms with van der Waals surface area (Å²) in [4.78, 5) is 21.7. The molecule has 6 nitrogen and oxygen atoms in total. The van der Waals surface area contributed by atoms with Gasteiger partial charge in [-0.05, 0) is 13.3 Å². The number of ether oxygens (including phenoxy) is 1. The number of rotatable bonds is 7. The quantitative estimate of drug-likeness (QED) is 0.532. The van der Waals surface area contributed by atoms with E-state index in [2.05, 4.69) is 10.6 Å². The summed E-state index contributed by atoms with van der Waals surface area (Å²) < 4.78 is 5.00. The van der Waals surface area contributed by atoms with Gasteiger partial charge in [-0.15, -0.1) is 0 Å². The Bertz CT molecular complexity index is 208. The third kappa shape index (κ3) is 6.73. The van der Waals surface area contributed by atoms with Crippen LogP contribution in [-0.2, 0) is 9.53 Å². The van der Waals surface area contributed by atoms with Gasteiger partial charge in [-0.2, -0.15) is 0 Å². The van der Waals surface area contributed by atoms with Gasteiger partial charge in [0.15, 0.2) is 0 Å². The lowest BCUT2D eigenvalue weighted by Gasteiger charge is -2.12. The molecule has 3 N–H and O–H groups in total. The first-order chi connectivity index (χ1) is 7.11. The zero-order valence-electron chi connectivity index (χ0n) is 9.08. The van der Waals surface area contributed by atoms with E-state index >= 15 is 0 Å². The highest BCUT2D eigenvalue weighted by atomic mass is 16.5. The van der Waals surface area contributed by atoms with E-state index in [1.807, 2.05) is 6.92 Å². The monoisotopic (exact) mass is 218 g/mol. The molecule has 0 bridgehead atoms. The van der Waals surface area contributed by atoms with Gasteiger partial charge in [0, 0.05) is 13.2 Å². The molecule has 0 aromatic rings. The summed E-state index contributed by atoms with van der Waals surface area (Å²) >= 11 is 0. The Morgan fingerprint density at radius 1 is 1.40 bits per heavy atom. The van der Waals surface area contributed by atoms with Gasteiger partial charge in [0.05, 0.1) is 6.61 Å². The van der Waals surface area contributed by atoms with E-state index in [1.54, 1.807) is 6.92 Å². The minimum atomic E-state index is -1.03. The van der Waals surface area contributed by atoms with E-state index in [9.17, 15) is 9.59 Å². The highest BCUT2D eigenvalue weighted by molar-refractivity contribution is 5.82. The average Bonchev–Trinajstić information content (AvgIpc) is 2.20. The molecule has 0 saturated heterocycles. The van der Waals surface area contributed by atoms with E-state index in [4.69, 9.17) is 9.84 Å². The Labute approximate surface area is 89.0 Å². The van der Waals surface area contributed by atoms with Crippen LogP contribution >= 0.6 is 0 Å². The Morgan fingerprint density at radius 2 is 2.07 bits per heavy atom. The molecule has 0 heterocycles. The number of hydrogen-bond acceptors (Lipinski definition) is 3. The van der Waals surface area contributed by atoms with Crippen LogP contribution < -0.4 is 10.6 Å². The molecule has 0 fully saturated rings. The molecule has 0 rings (SSSR count). The zero-order valence-corrected chi connectivity index (χ0v) is 9.08. The maximum Gasteiger partial charge on any atom is 0.326 e. The minimum absolute atomic E-state index is 0.355. The molecule has 15 heavy (non-hydrogen) atoms. The van der Waals surface area contributed by atoms with Crippen molar-refractivity contribution in [1.82, 2.24) is 10.6 Å². The van der Waals surface area contributed by atoms with Crippen molar-refractivity contribution in [2.75, 3.05) is 19.8 Å². The van der Waals surface area contributed by atoms with Crippen LogP contribution in [0.25, 0.3) is 0 Å². The predicted molar refractivity (Wildman–Crippen MR) is 54.7 cm³/mol. The van der Waals surface area contributed by atoms with Crippen LogP contribution in [0.5, 0.6) is 0 Å². The van der Waals surface area contributed by atoms with Crippen molar-refractivity contribution in [1.29, 1.82) is 0 Å². The maximum absolute atomic E-state index is 11.1. The molecule has 0 saturated carbocycles. The number of carbonyl (C=O) groups excluding carboxylic acids is 1. The lowest BCUT2D eigenvalue weighted by atomic mass is 10.2. The molecular weight excluding hydrogens is 200 g/mol. The van der Waals surface area contributed by atoms with Gasteiger partial charge in [0.25, 0.3) is 0 Å². The number of hydrogen-bond donors (Lipinski definition) is 3. The van der Waals surface area contributed by atoms with Crippen molar-refractivity contribution in [2.45, 2.75) is 26.3 Å². The molecule has 88 valence electrons. The highest BCUT2D eigenvalue weighted by Crippen LogP contribution is 1.89. The number of carbonyl (C=O) groups is 2. The van der Waals surface area contributed by atoms with Crippen molar-refractivity contribution in [3.63, 3.8) is 0 Å². The fourth-order valence-electron chi connectivity index (χ4n) is 0.929. The normalized spacial score (nSPS) is 11.9. The third-order valence-electron chi connectivity index (χ3n) is 1.75. The first-order valence-electron chi connectivity index (χ1n) is 4.96. The van der Waals surface area contributed by atoms with Crippen molar-refractivity contribution >= 4 is 12.0 Å². The van der Waals surface area contributed by atoms with Crippen molar-refractivity contribution in [2.24, 2.45) is 0 Å². The SMILES string of the molecule is CCOCCNC(=O)N[C@H](CC)C(=O)O. The lowest BCUT2D eigenvalue weighted by molar-refractivity contribution is -0.139. The van der Waals surface area contributed by atoms with Crippen LogP contribution in [0, 0.1) is 0 Å². The Kier molecular flexibility index (Phi) is 7.35. The molecule has 2 amide bonds. The molecule has 0 aliphatic rings. The Morgan fingerprint density at radius 3 is 2.53 bits per heavy atom. The van der Waals surface area contributed by atoms with Gasteiger partial charge in [0.1, 0.15) is 6.04 Å². The van der Waals surface area contributed by atoms with Crippen LogP contribution in [0.15, 0.2) is 0 Å². The van der Waals surface area contributed by atoms with Crippen LogP contribution in [0.1, 0.15) is 20.3 Å². The van der Waals surface area contributed by atoms with Gasteiger partial charge in [-0.3, -0.25) is 0 Å². The minimum Gasteiger partial charge on any atom is -0.480 e. The fourth-order valence-corrected chi connectivity index (χ4v) is 0.929. The van der Waals surface area contributed by atoms with Gasteiger partial charge in [-0.1, -0.05) is 6.92 Å². The number of carboxylic acid groups (broad SMARTS) is 1. The summed E-state index contributed by atoms with van der Waals surface area (Å²) in [5.74, 6) is -1.03. The van der Waals surface area contributed by atoms with Crippen molar-refractivity contribution in [3.05, 3.63) is 0 Å². The highest BCUT2D eigenvalue weighted by Gasteiger charge is 2.16. The molecule has 0 aliphatic carbocycles. The molecule has 1 atom stereocenters. The van der Waals surface area contributed by atoms with Crippen LogP contribution in [-0.4, -0.2) is 42.9 Å². The molecule has 0 aliphatic heterocycles. The summed E-state index contributed by atoms with van der Waals surface area (Å²) in [7, 11) is 0. The standard InChI is InChI=1S/C9H18N2O4/c1-3-7(8(12)13)11-9(14)10-5-6-15-4-2/h7H,3-6H2,1-2H3,(H,12,13)(H2,10,11,14)/t7-/m1/s1. The molecule has 0 aromatic carbocycles. The van der Waals surface area contributed by atoms with Gasteiger partial charge >= 0.3 is 12.0 Å². The average molecular weight is 218 g/mol. The van der Waals surface area contributed by atoms with Gasteiger partial charge < -0.3 is 20.5 Å². The lowest BCUT2D eigenvalue weighted by Crippen LogP contribution is -2.46. The zero-order chi connectivity index (χ0) is 11.7. The molecule has 0 radical (unpaired) electrons. The van der Waals surface area contributed by atoms with Crippen LogP contribution in [0.3, 0.4) is 0 Å². The molecule has 0 aromatic heterocycles. The fraction of sp³-hybridized carbons (Fsp3) is 0.778. The second kappa shape index (κ2) is 8.05. The van der Waals surface area contributed by atoms with Gasteiger partial charge in [0.2, 0.25) is 0 Å². The van der Waals surface area contributed by atoms with E-state index in [-0.39, 0.29) is 0 Å². The van der Waals surface area contributed by atoms with Crippen molar-refractivity contribution < 1.29 is 19.4 Å². The number of amides is 2. The first-order valence-corrected chi connectivity index (χ1v) is 4.96. The van der Waals surface area contributed by atoms with E-state index in [1.165, 1.54) is 0 Å². The Balaban J connectivity index is 3.67. The summed E-state index contributed by atoms with van der Waals surface area (Å²) in [6, 6.07) is -1.32. The van der Waals surface area contributed by atoms with Crippen molar-refractivity contribution in [3.8, 4) is 0 Å². The first kappa shape index (κ1) is 13.7. The number of carboxylic acids is 1. The molecule has 0 unspecified atom stereocenters. The van der Waals surface area contributed by atoms with Gasteiger partial charge in [-0.25, -0.2) is 9.59 Å². The second-order valence-corrected chi connectivity index (χ2v) is 2.90. The number of nitrogens with one attached hydrogen (secondary N) is 2. The largest absolute Gasteiger partial charge is 0.480 e. The second-order valence-electron chi connectivity index (χ2n) is 2.90. The Hall–Kier alpha value is -1.30. The topological polar surface area (TPSA) is 87.7 Å².